The zero-order valence-corrected chi connectivity index (χ0v) is 7.44. The monoisotopic (exact) mass is 178 g/mol. The fraction of sp³-hybridized carbons (Fsp3) is 0.333. The molecule has 3 heteroatoms. The molecule has 1 aromatic carbocycles. The van der Waals surface area contributed by atoms with Crippen LogP contribution in [0.4, 0.5) is 13.2 Å². The molecule has 1 rings (SSSR count). The van der Waals surface area contributed by atoms with Gasteiger partial charge < -0.3 is 0 Å². The molecule has 0 atom stereocenters. The molecule has 0 amide bonds. The van der Waals surface area contributed by atoms with Crippen LogP contribution in [0.2, 0.25) is 0 Å². The van der Waals surface area contributed by atoms with Crippen LogP contribution in [0.25, 0.3) is 0 Å². The summed E-state index contributed by atoms with van der Waals surface area (Å²) in [6.45, 7) is 4.00. The molecular weight excluding hydrogens is 165 g/mol. The van der Waals surface area contributed by atoms with Gasteiger partial charge in [-0.25, -0.2) is 8.78 Å². The zero-order chi connectivity index (χ0) is 9.98. The summed E-state index contributed by atoms with van der Waals surface area (Å²) < 4.78 is 33.4. The van der Waals surface area contributed by atoms with Crippen molar-refractivity contribution in [3.63, 3.8) is 0 Å². The maximum atomic E-state index is 11.9. The Kier molecular flexibility index (Phi) is 11.3. The van der Waals surface area contributed by atoms with E-state index in [4.69, 9.17) is 0 Å². The van der Waals surface area contributed by atoms with Gasteiger partial charge in [0.15, 0.2) is 11.6 Å². The van der Waals surface area contributed by atoms with Gasteiger partial charge in [-0.2, -0.15) is 0 Å². The highest BCUT2D eigenvalue weighted by molar-refractivity contribution is 5.05. The predicted molar refractivity (Wildman–Crippen MR) is 44.7 cm³/mol. The summed E-state index contributed by atoms with van der Waals surface area (Å²) in [6.07, 6.45) is 0. The lowest BCUT2D eigenvalue weighted by atomic mass is 10.3. The summed E-state index contributed by atoms with van der Waals surface area (Å²) in [6, 6.07) is 5.04. The van der Waals surface area contributed by atoms with Crippen molar-refractivity contribution >= 4 is 0 Å². The molecule has 0 saturated carbocycles. The summed E-state index contributed by atoms with van der Waals surface area (Å²) >= 11 is 0. The molecule has 1 aromatic rings. The van der Waals surface area contributed by atoms with E-state index in [9.17, 15) is 13.2 Å². The van der Waals surface area contributed by atoms with Gasteiger partial charge in [0.05, 0.1) is 7.18 Å². The van der Waals surface area contributed by atoms with E-state index in [0.29, 0.717) is 7.18 Å². The SMILES string of the molecule is CC.CF.Fc1ccccc1F. The molecule has 0 aliphatic carbocycles. The second kappa shape index (κ2) is 10.0. The first kappa shape index (κ1) is 13.6. The topological polar surface area (TPSA) is 0 Å². The Labute approximate surface area is 71.0 Å². The van der Waals surface area contributed by atoms with Gasteiger partial charge in [0, 0.05) is 0 Å². The number of hydrogen-bond donors (Lipinski definition) is 0. The van der Waals surface area contributed by atoms with E-state index in [1.807, 2.05) is 13.8 Å². The third-order valence-corrected chi connectivity index (χ3v) is 0.824. The lowest BCUT2D eigenvalue weighted by Gasteiger charge is -1.85. The van der Waals surface area contributed by atoms with Crippen molar-refractivity contribution in [2.24, 2.45) is 0 Å². The normalized spacial score (nSPS) is 7.17. The summed E-state index contributed by atoms with van der Waals surface area (Å²) in [5, 5.41) is 0. The molecule has 0 saturated heterocycles. The molecule has 0 heterocycles. The van der Waals surface area contributed by atoms with Crippen LogP contribution in [0.5, 0.6) is 0 Å². The summed E-state index contributed by atoms with van der Waals surface area (Å²) in [7, 11) is 0.500. The van der Waals surface area contributed by atoms with E-state index in [0.717, 1.165) is 12.1 Å². The Bertz CT molecular complexity index is 166. The van der Waals surface area contributed by atoms with Gasteiger partial charge in [-0.15, -0.1) is 0 Å². The minimum atomic E-state index is -0.799. The van der Waals surface area contributed by atoms with E-state index in [1.54, 1.807) is 0 Å². The molecule has 0 unspecified atom stereocenters. The first-order valence-corrected chi connectivity index (χ1v) is 3.58. The second-order valence-electron chi connectivity index (χ2n) is 1.41. The van der Waals surface area contributed by atoms with Crippen LogP contribution < -0.4 is 0 Å². The summed E-state index contributed by atoms with van der Waals surface area (Å²) in [5.74, 6) is -1.60. The third kappa shape index (κ3) is 5.77. The van der Waals surface area contributed by atoms with Crippen molar-refractivity contribution in [2.75, 3.05) is 7.18 Å². The fourth-order valence-corrected chi connectivity index (χ4v) is 0.439. The Morgan fingerprint density at radius 2 is 1.08 bits per heavy atom. The molecule has 0 N–H and O–H groups in total. The Balaban J connectivity index is 0. The molecule has 0 aliphatic rings. The molecule has 12 heavy (non-hydrogen) atoms. The van der Waals surface area contributed by atoms with Crippen molar-refractivity contribution in [1.29, 1.82) is 0 Å². The highest BCUT2D eigenvalue weighted by atomic mass is 19.2. The van der Waals surface area contributed by atoms with E-state index < -0.39 is 11.6 Å². The lowest BCUT2D eigenvalue weighted by Crippen LogP contribution is -1.77. The van der Waals surface area contributed by atoms with Crippen LogP contribution >= 0.6 is 0 Å². The summed E-state index contributed by atoms with van der Waals surface area (Å²) in [5.41, 5.74) is 0. The van der Waals surface area contributed by atoms with Crippen LogP contribution in [0, 0.1) is 11.6 Å². The van der Waals surface area contributed by atoms with Gasteiger partial charge in [-0.3, -0.25) is 4.39 Å². The maximum Gasteiger partial charge on any atom is 0.158 e. The minimum absolute atomic E-state index is 0.500. The first-order chi connectivity index (χ1) is 5.80. The van der Waals surface area contributed by atoms with Crippen molar-refractivity contribution in [2.45, 2.75) is 13.8 Å². The number of benzene rings is 1. The standard InChI is InChI=1S/C6H4F2.C2H6.CH3F/c7-5-3-1-2-4-6(5)8;2*1-2/h1-4H;1-2H3;1H3. The van der Waals surface area contributed by atoms with Crippen molar-refractivity contribution in [3.05, 3.63) is 35.9 Å². The molecule has 0 spiro atoms. The Hall–Kier alpha value is -0.990. The molecule has 0 aliphatic heterocycles. The maximum absolute atomic E-state index is 11.9. The first-order valence-electron chi connectivity index (χ1n) is 3.58. The fourth-order valence-electron chi connectivity index (χ4n) is 0.439. The smallest absolute Gasteiger partial charge is 0.158 e. The van der Waals surface area contributed by atoms with Crippen molar-refractivity contribution in [3.8, 4) is 0 Å². The number of halogens is 3. The Morgan fingerprint density at radius 3 is 1.25 bits per heavy atom. The average Bonchev–Trinajstić information content (AvgIpc) is 2.17. The molecule has 70 valence electrons. The van der Waals surface area contributed by atoms with Crippen LogP contribution in [0.3, 0.4) is 0 Å². The van der Waals surface area contributed by atoms with Crippen LogP contribution in [-0.4, -0.2) is 7.18 Å². The molecular formula is C9H13F3. The molecule has 0 aromatic heterocycles. The van der Waals surface area contributed by atoms with Gasteiger partial charge >= 0.3 is 0 Å². The number of hydrogen-bond acceptors (Lipinski definition) is 0. The second-order valence-corrected chi connectivity index (χ2v) is 1.41. The quantitative estimate of drug-likeness (QED) is 0.569. The third-order valence-electron chi connectivity index (χ3n) is 0.824. The predicted octanol–water partition coefficient (Wildman–Crippen LogP) is 3.58. The van der Waals surface area contributed by atoms with E-state index in [2.05, 4.69) is 0 Å². The highest BCUT2D eigenvalue weighted by Crippen LogP contribution is 2.01. The van der Waals surface area contributed by atoms with Crippen molar-refractivity contribution in [1.82, 2.24) is 0 Å². The minimum Gasteiger partial charge on any atom is -0.255 e. The van der Waals surface area contributed by atoms with Gasteiger partial charge in [0.1, 0.15) is 0 Å². The van der Waals surface area contributed by atoms with Gasteiger partial charge in [-0.1, -0.05) is 26.0 Å². The number of rotatable bonds is 0. The lowest BCUT2D eigenvalue weighted by molar-refractivity contribution is 0.508. The summed E-state index contributed by atoms with van der Waals surface area (Å²) in [4.78, 5) is 0. The van der Waals surface area contributed by atoms with E-state index >= 15 is 0 Å². The average molecular weight is 178 g/mol. The van der Waals surface area contributed by atoms with Gasteiger partial charge in [0.2, 0.25) is 0 Å². The van der Waals surface area contributed by atoms with Crippen LogP contribution in [0.15, 0.2) is 24.3 Å². The molecule has 0 nitrogen and oxygen atoms in total. The number of alkyl halides is 1. The molecule has 0 radical (unpaired) electrons. The zero-order valence-electron chi connectivity index (χ0n) is 7.44. The van der Waals surface area contributed by atoms with E-state index in [-0.39, 0.29) is 0 Å². The molecule has 0 bridgehead atoms. The van der Waals surface area contributed by atoms with Gasteiger partial charge in [-0.05, 0) is 12.1 Å². The van der Waals surface area contributed by atoms with Crippen LogP contribution in [-0.2, 0) is 0 Å². The van der Waals surface area contributed by atoms with Crippen LogP contribution in [0.1, 0.15) is 13.8 Å². The largest absolute Gasteiger partial charge is 0.255 e. The highest BCUT2D eigenvalue weighted by Gasteiger charge is 1.93. The van der Waals surface area contributed by atoms with Crippen molar-refractivity contribution < 1.29 is 13.2 Å². The molecule has 0 fully saturated rings. The Morgan fingerprint density at radius 1 is 0.833 bits per heavy atom. The van der Waals surface area contributed by atoms with Gasteiger partial charge in [0.25, 0.3) is 0 Å². The van der Waals surface area contributed by atoms with E-state index in [1.165, 1.54) is 12.1 Å².